The molecule has 0 amide bonds. The van der Waals surface area contributed by atoms with E-state index in [0.29, 0.717) is 12.2 Å². The minimum absolute atomic E-state index is 0.257. The van der Waals surface area contributed by atoms with Gasteiger partial charge in [-0.1, -0.05) is 34.6 Å². The molecule has 0 heterocycles. The third kappa shape index (κ3) is 5.54. The molecular weight excluding hydrogens is 228 g/mol. The van der Waals surface area contributed by atoms with Crippen LogP contribution in [0.15, 0.2) is 0 Å². The van der Waals surface area contributed by atoms with E-state index in [9.17, 15) is 0 Å². The Morgan fingerprint density at radius 2 is 1.24 bits per heavy atom. The van der Waals surface area contributed by atoms with Crippen molar-refractivity contribution in [2.24, 2.45) is 0 Å². The lowest BCUT2D eigenvalue weighted by atomic mass is 10.1. The molecule has 0 aliphatic rings. The molecule has 0 aromatic rings. The Hall–Kier alpha value is 0.137. The van der Waals surface area contributed by atoms with Gasteiger partial charge in [0.15, 0.2) is 0 Å². The van der Waals surface area contributed by atoms with E-state index in [1.54, 1.807) is 0 Å². The second-order valence-electron chi connectivity index (χ2n) is 5.40. The maximum absolute atomic E-state index is 6.24. The van der Waals surface area contributed by atoms with Crippen LogP contribution in [0.5, 0.6) is 0 Å². The number of hydrogen-bond acceptors (Lipinski definition) is 2. The van der Waals surface area contributed by atoms with Crippen molar-refractivity contribution in [2.45, 2.75) is 91.4 Å². The normalized spacial score (nSPS) is 17.8. The van der Waals surface area contributed by atoms with Crippen LogP contribution in [0.3, 0.4) is 0 Å². The van der Waals surface area contributed by atoms with Gasteiger partial charge < -0.3 is 8.85 Å². The lowest BCUT2D eigenvalue weighted by molar-refractivity contribution is 0.0918. The van der Waals surface area contributed by atoms with Gasteiger partial charge >= 0.3 is 9.28 Å². The first-order valence-corrected chi connectivity index (χ1v) is 8.76. The van der Waals surface area contributed by atoms with E-state index in [1.807, 2.05) is 0 Å². The van der Waals surface area contributed by atoms with Crippen LogP contribution in [-0.2, 0) is 8.85 Å². The zero-order valence-corrected chi connectivity index (χ0v) is 14.0. The molecule has 0 spiro atoms. The van der Waals surface area contributed by atoms with Crippen molar-refractivity contribution in [1.29, 1.82) is 0 Å². The molecule has 0 saturated heterocycles. The van der Waals surface area contributed by atoms with Crippen molar-refractivity contribution >= 4 is 9.28 Å². The lowest BCUT2D eigenvalue weighted by Gasteiger charge is -2.36. The molecule has 0 radical (unpaired) electrons. The Bertz CT molecular complexity index is 181. The van der Waals surface area contributed by atoms with Gasteiger partial charge in [0, 0.05) is 17.2 Å². The van der Waals surface area contributed by atoms with Gasteiger partial charge in [-0.15, -0.1) is 0 Å². The highest BCUT2D eigenvalue weighted by Crippen LogP contribution is 2.39. The van der Waals surface area contributed by atoms with Crippen molar-refractivity contribution < 1.29 is 8.85 Å². The van der Waals surface area contributed by atoms with Crippen LogP contribution < -0.4 is 0 Å². The molecule has 0 aromatic heterocycles. The Morgan fingerprint density at radius 1 is 0.882 bits per heavy atom. The maximum Gasteiger partial charge on any atom is 0.328 e. The van der Waals surface area contributed by atoms with Crippen molar-refractivity contribution in [3.63, 3.8) is 0 Å². The van der Waals surface area contributed by atoms with Gasteiger partial charge in [0.2, 0.25) is 0 Å². The fourth-order valence-electron chi connectivity index (χ4n) is 1.56. The molecule has 0 rings (SSSR count). The fraction of sp³-hybridized carbons (Fsp3) is 1.00. The average molecular weight is 260 g/mol. The standard InChI is InChI=1S/C14H32O2Si/c1-8-12(5)15-17(16-13(6)9-2)14(7,10-3)11-4/h12-13,17H,8-11H2,1-7H3. The van der Waals surface area contributed by atoms with Crippen molar-refractivity contribution in [3.8, 4) is 0 Å². The van der Waals surface area contributed by atoms with Crippen molar-refractivity contribution in [3.05, 3.63) is 0 Å². The minimum atomic E-state index is -1.61. The third-order valence-corrected chi connectivity index (χ3v) is 7.42. The van der Waals surface area contributed by atoms with Crippen LogP contribution in [-0.4, -0.2) is 21.5 Å². The fourth-order valence-corrected chi connectivity index (χ4v) is 4.18. The molecule has 0 fully saturated rings. The summed E-state index contributed by atoms with van der Waals surface area (Å²) in [6.45, 7) is 15.5. The highest BCUT2D eigenvalue weighted by Gasteiger charge is 2.37. The maximum atomic E-state index is 6.24. The van der Waals surface area contributed by atoms with Gasteiger partial charge in [-0.2, -0.15) is 0 Å². The molecule has 2 nitrogen and oxygen atoms in total. The summed E-state index contributed by atoms with van der Waals surface area (Å²) < 4.78 is 12.5. The highest BCUT2D eigenvalue weighted by atomic mass is 28.3. The lowest BCUT2D eigenvalue weighted by Crippen LogP contribution is -2.40. The van der Waals surface area contributed by atoms with Crippen LogP contribution in [0.25, 0.3) is 0 Å². The second-order valence-corrected chi connectivity index (χ2v) is 8.00. The van der Waals surface area contributed by atoms with E-state index in [2.05, 4.69) is 48.5 Å². The SMILES string of the molecule is CCC(C)O[SiH](OC(C)CC)C(C)(CC)CC. The average Bonchev–Trinajstić information content (AvgIpc) is 2.36. The Balaban J connectivity index is 4.70. The smallest absolute Gasteiger partial charge is 0.328 e. The van der Waals surface area contributed by atoms with Crippen LogP contribution in [0.2, 0.25) is 5.04 Å². The molecule has 0 bridgehead atoms. The van der Waals surface area contributed by atoms with Gasteiger partial charge in [0.25, 0.3) is 0 Å². The molecule has 0 aliphatic carbocycles. The van der Waals surface area contributed by atoms with Gasteiger partial charge in [0.05, 0.1) is 0 Å². The predicted molar refractivity (Wildman–Crippen MR) is 77.8 cm³/mol. The Morgan fingerprint density at radius 3 is 1.47 bits per heavy atom. The number of rotatable bonds is 9. The Kier molecular flexibility index (Phi) is 8.34. The quantitative estimate of drug-likeness (QED) is 0.571. The van der Waals surface area contributed by atoms with Crippen molar-refractivity contribution in [1.82, 2.24) is 0 Å². The predicted octanol–water partition coefficient (Wildman–Crippen LogP) is 4.42. The first-order chi connectivity index (χ1) is 7.93. The number of hydrogen-bond donors (Lipinski definition) is 0. The van der Waals surface area contributed by atoms with E-state index in [4.69, 9.17) is 8.85 Å². The molecule has 2 unspecified atom stereocenters. The summed E-state index contributed by atoms with van der Waals surface area (Å²) >= 11 is 0. The molecule has 0 aliphatic heterocycles. The molecule has 0 saturated carbocycles. The minimum Gasteiger partial charge on any atom is -0.393 e. The molecule has 0 N–H and O–H groups in total. The van der Waals surface area contributed by atoms with Gasteiger partial charge in [-0.3, -0.25) is 0 Å². The Labute approximate surface area is 110 Å². The summed E-state index contributed by atoms with van der Waals surface area (Å²) in [5, 5.41) is 0.257. The highest BCUT2D eigenvalue weighted by molar-refractivity contribution is 6.48. The summed E-state index contributed by atoms with van der Waals surface area (Å²) in [5.74, 6) is 0. The van der Waals surface area contributed by atoms with Gasteiger partial charge in [-0.25, -0.2) is 0 Å². The topological polar surface area (TPSA) is 18.5 Å². The van der Waals surface area contributed by atoms with Gasteiger partial charge in [0.1, 0.15) is 0 Å². The summed E-state index contributed by atoms with van der Waals surface area (Å²) in [5.41, 5.74) is 0. The van der Waals surface area contributed by atoms with Crippen LogP contribution in [0, 0.1) is 0 Å². The van der Waals surface area contributed by atoms with Crippen LogP contribution in [0.4, 0.5) is 0 Å². The molecule has 2 atom stereocenters. The molecule has 3 heteroatoms. The van der Waals surface area contributed by atoms with Gasteiger partial charge in [-0.05, 0) is 39.5 Å². The van der Waals surface area contributed by atoms with E-state index in [1.165, 1.54) is 0 Å². The zero-order valence-electron chi connectivity index (χ0n) is 12.9. The molecule has 104 valence electrons. The second kappa shape index (κ2) is 8.28. The van der Waals surface area contributed by atoms with E-state index < -0.39 is 9.28 Å². The first-order valence-electron chi connectivity index (χ1n) is 7.24. The summed E-state index contributed by atoms with van der Waals surface area (Å²) in [6, 6.07) is 0. The van der Waals surface area contributed by atoms with E-state index in [0.717, 1.165) is 25.7 Å². The van der Waals surface area contributed by atoms with Crippen LogP contribution in [0.1, 0.15) is 74.1 Å². The first kappa shape index (κ1) is 17.1. The molecule has 17 heavy (non-hydrogen) atoms. The zero-order chi connectivity index (χ0) is 13.5. The molecule has 0 aromatic carbocycles. The van der Waals surface area contributed by atoms with E-state index in [-0.39, 0.29) is 5.04 Å². The summed E-state index contributed by atoms with van der Waals surface area (Å²) in [4.78, 5) is 0. The monoisotopic (exact) mass is 260 g/mol. The van der Waals surface area contributed by atoms with E-state index >= 15 is 0 Å². The third-order valence-electron chi connectivity index (χ3n) is 4.05. The van der Waals surface area contributed by atoms with Crippen molar-refractivity contribution in [2.75, 3.05) is 0 Å². The molecular formula is C14H32O2Si. The largest absolute Gasteiger partial charge is 0.393 e. The van der Waals surface area contributed by atoms with Crippen LogP contribution >= 0.6 is 0 Å². The summed E-state index contributed by atoms with van der Waals surface area (Å²) in [7, 11) is -1.61. The summed E-state index contributed by atoms with van der Waals surface area (Å²) in [6.07, 6.45) is 5.08.